The maximum atomic E-state index is 12.1. The van der Waals surface area contributed by atoms with Gasteiger partial charge in [-0.05, 0) is 37.1 Å². The second-order valence-electron chi connectivity index (χ2n) is 6.35. The van der Waals surface area contributed by atoms with E-state index >= 15 is 0 Å². The molecule has 0 aliphatic carbocycles. The van der Waals surface area contributed by atoms with Crippen LogP contribution in [0.15, 0.2) is 47.0 Å². The fraction of sp³-hybridized carbons (Fsp3) is 0.286. The van der Waals surface area contributed by atoms with Gasteiger partial charge in [-0.3, -0.25) is 4.79 Å². The number of benzene rings is 2. The molecule has 0 aliphatic rings. The van der Waals surface area contributed by atoms with Gasteiger partial charge < -0.3 is 19.3 Å². The summed E-state index contributed by atoms with van der Waals surface area (Å²) in [5, 5.41) is 6.78. The monoisotopic (exact) mass is 381 g/mol. The first-order valence-corrected chi connectivity index (χ1v) is 8.96. The summed E-state index contributed by atoms with van der Waals surface area (Å²) in [4.78, 5) is 16.5. The molecule has 0 saturated carbocycles. The Hall–Kier alpha value is -3.35. The van der Waals surface area contributed by atoms with Gasteiger partial charge in [-0.1, -0.05) is 35.0 Å². The molecule has 3 aromatic rings. The minimum atomic E-state index is -0.0925. The second-order valence-corrected chi connectivity index (χ2v) is 6.35. The van der Waals surface area contributed by atoms with Crippen LogP contribution >= 0.6 is 0 Å². The summed E-state index contributed by atoms with van der Waals surface area (Å²) in [6.45, 7) is 2.20. The maximum Gasteiger partial charge on any atom is 0.246 e. The van der Waals surface area contributed by atoms with Crippen LogP contribution in [0.25, 0.3) is 11.4 Å². The molecular formula is C21H23N3O4. The van der Waals surface area contributed by atoms with E-state index in [0.29, 0.717) is 36.1 Å². The van der Waals surface area contributed by atoms with Gasteiger partial charge in [0.2, 0.25) is 17.6 Å². The third-order valence-corrected chi connectivity index (χ3v) is 4.27. The minimum Gasteiger partial charge on any atom is -0.493 e. The lowest BCUT2D eigenvalue weighted by Gasteiger charge is -2.09. The Morgan fingerprint density at radius 2 is 1.93 bits per heavy atom. The quantitative estimate of drug-likeness (QED) is 0.644. The SMILES string of the molecule is COc1ccc(CCC(=O)NCc2nc(-c3cccc(C)c3)no2)cc1OC. The van der Waals surface area contributed by atoms with Gasteiger partial charge in [0.25, 0.3) is 0 Å². The first-order valence-electron chi connectivity index (χ1n) is 8.96. The Labute approximate surface area is 163 Å². The predicted octanol–water partition coefficient (Wildman–Crippen LogP) is 3.31. The molecule has 0 radical (unpaired) electrons. The highest BCUT2D eigenvalue weighted by Gasteiger charge is 2.11. The van der Waals surface area contributed by atoms with Crippen LogP contribution in [0.1, 0.15) is 23.4 Å². The maximum absolute atomic E-state index is 12.1. The van der Waals surface area contributed by atoms with Crippen molar-refractivity contribution < 1.29 is 18.8 Å². The van der Waals surface area contributed by atoms with Crippen LogP contribution in [0.3, 0.4) is 0 Å². The Balaban J connectivity index is 1.51. The Bertz CT molecular complexity index is 952. The molecule has 28 heavy (non-hydrogen) atoms. The highest BCUT2D eigenvalue weighted by Crippen LogP contribution is 2.27. The highest BCUT2D eigenvalue weighted by molar-refractivity contribution is 5.76. The van der Waals surface area contributed by atoms with Crippen molar-refractivity contribution in [2.75, 3.05) is 14.2 Å². The normalized spacial score (nSPS) is 10.5. The van der Waals surface area contributed by atoms with E-state index in [1.54, 1.807) is 14.2 Å². The van der Waals surface area contributed by atoms with Gasteiger partial charge in [-0.2, -0.15) is 4.98 Å². The molecule has 0 spiro atoms. The minimum absolute atomic E-state index is 0.0925. The van der Waals surface area contributed by atoms with Crippen molar-refractivity contribution in [1.29, 1.82) is 0 Å². The van der Waals surface area contributed by atoms with Crippen molar-refractivity contribution in [3.63, 3.8) is 0 Å². The average Bonchev–Trinajstić information content (AvgIpc) is 3.19. The molecule has 0 fully saturated rings. The van der Waals surface area contributed by atoms with Gasteiger partial charge in [-0.15, -0.1) is 0 Å². The summed E-state index contributed by atoms with van der Waals surface area (Å²) in [5.74, 6) is 2.10. The zero-order chi connectivity index (χ0) is 19.9. The molecule has 1 amide bonds. The van der Waals surface area contributed by atoms with E-state index in [1.807, 2.05) is 49.4 Å². The summed E-state index contributed by atoms with van der Waals surface area (Å²) in [7, 11) is 3.18. The molecule has 0 atom stereocenters. The molecule has 2 aromatic carbocycles. The smallest absolute Gasteiger partial charge is 0.246 e. The van der Waals surface area contributed by atoms with E-state index in [4.69, 9.17) is 14.0 Å². The van der Waals surface area contributed by atoms with E-state index in [2.05, 4.69) is 15.5 Å². The highest BCUT2D eigenvalue weighted by atomic mass is 16.5. The molecule has 7 nitrogen and oxygen atoms in total. The van der Waals surface area contributed by atoms with E-state index in [0.717, 1.165) is 16.7 Å². The van der Waals surface area contributed by atoms with Gasteiger partial charge in [-0.25, -0.2) is 0 Å². The number of ether oxygens (including phenoxy) is 2. The number of hydrogen-bond acceptors (Lipinski definition) is 6. The second kappa shape index (κ2) is 9.03. The average molecular weight is 381 g/mol. The molecule has 7 heteroatoms. The van der Waals surface area contributed by atoms with Crippen LogP contribution in [-0.2, 0) is 17.8 Å². The summed E-state index contributed by atoms with van der Waals surface area (Å²) in [6, 6.07) is 13.5. The largest absolute Gasteiger partial charge is 0.493 e. The molecule has 146 valence electrons. The number of hydrogen-bond donors (Lipinski definition) is 1. The van der Waals surface area contributed by atoms with Crippen LogP contribution in [-0.4, -0.2) is 30.3 Å². The van der Waals surface area contributed by atoms with E-state index in [9.17, 15) is 4.79 Å². The van der Waals surface area contributed by atoms with Crippen LogP contribution in [0.4, 0.5) is 0 Å². The van der Waals surface area contributed by atoms with Crippen molar-refractivity contribution in [3.8, 4) is 22.9 Å². The number of aryl methyl sites for hydroxylation is 2. The van der Waals surface area contributed by atoms with Crippen molar-refractivity contribution in [2.24, 2.45) is 0 Å². The molecule has 0 unspecified atom stereocenters. The molecule has 1 N–H and O–H groups in total. The van der Waals surface area contributed by atoms with Gasteiger partial charge >= 0.3 is 0 Å². The lowest BCUT2D eigenvalue weighted by molar-refractivity contribution is -0.121. The molecule has 3 rings (SSSR count). The molecule has 1 aromatic heterocycles. The molecule has 0 aliphatic heterocycles. The zero-order valence-electron chi connectivity index (χ0n) is 16.2. The fourth-order valence-corrected chi connectivity index (χ4v) is 2.78. The Morgan fingerprint density at radius 3 is 2.68 bits per heavy atom. The van der Waals surface area contributed by atoms with E-state index < -0.39 is 0 Å². The number of methoxy groups -OCH3 is 2. The molecular weight excluding hydrogens is 358 g/mol. The molecule has 0 bridgehead atoms. The summed E-state index contributed by atoms with van der Waals surface area (Å²) < 4.78 is 15.7. The van der Waals surface area contributed by atoms with Gasteiger partial charge in [0.15, 0.2) is 11.5 Å². The predicted molar refractivity (Wildman–Crippen MR) is 104 cm³/mol. The van der Waals surface area contributed by atoms with E-state index in [-0.39, 0.29) is 12.5 Å². The summed E-state index contributed by atoms with van der Waals surface area (Å²) in [6.07, 6.45) is 0.929. The van der Waals surface area contributed by atoms with Crippen molar-refractivity contribution >= 4 is 5.91 Å². The number of nitrogens with zero attached hydrogens (tertiary/aromatic N) is 2. The lowest BCUT2D eigenvalue weighted by Crippen LogP contribution is -2.23. The topological polar surface area (TPSA) is 86.5 Å². The van der Waals surface area contributed by atoms with Gasteiger partial charge in [0.05, 0.1) is 20.8 Å². The molecule has 1 heterocycles. The van der Waals surface area contributed by atoms with Crippen molar-refractivity contribution in [2.45, 2.75) is 26.3 Å². The first-order chi connectivity index (χ1) is 13.6. The van der Waals surface area contributed by atoms with Crippen molar-refractivity contribution in [3.05, 3.63) is 59.5 Å². The third kappa shape index (κ3) is 4.88. The first kappa shape index (κ1) is 19.4. The van der Waals surface area contributed by atoms with Crippen LogP contribution in [0.5, 0.6) is 11.5 Å². The fourth-order valence-electron chi connectivity index (χ4n) is 2.78. The number of carbonyl (C=O) groups is 1. The van der Waals surface area contributed by atoms with Gasteiger partial charge in [0, 0.05) is 12.0 Å². The standard InChI is InChI=1S/C21H23N3O4/c1-14-5-4-6-16(11-14)21-23-20(28-24-21)13-22-19(25)10-8-15-7-9-17(26-2)18(12-15)27-3/h4-7,9,11-12H,8,10,13H2,1-3H3,(H,22,25). The Morgan fingerprint density at radius 1 is 1.11 bits per heavy atom. The van der Waals surface area contributed by atoms with Gasteiger partial charge in [0.1, 0.15) is 0 Å². The third-order valence-electron chi connectivity index (χ3n) is 4.27. The number of nitrogens with one attached hydrogen (secondary N) is 1. The lowest BCUT2D eigenvalue weighted by atomic mass is 10.1. The number of carbonyl (C=O) groups excluding carboxylic acids is 1. The van der Waals surface area contributed by atoms with Crippen LogP contribution < -0.4 is 14.8 Å². The number of amides is 1. The number of aromatic nitrogens is 2. The number of rotatable bonds is 8. The van der Waals surface area contributed by atoms with Crippen LogP contribution in [0.2, 0.25) is 0 Å². The van der Waals surface area contributed by atoms with Crippen LogP contribution in [0, 0.1) is 6.92 Å². The zero-order valence-corrected chi connectivity index (χ0v) is 16.2. The van der Waals surface area contributed by atoms with Crippen molar-refractivity contribution in [1.82, 2.24) is 15.5 Å². The molecule has 0 saturated heterocycles. The Kier molecular flexibility index (Phi) is 6.26. The summed E-state index contributed by atoms with van der Waals surface area (Å²) >= 11 is 0. The summed E-state index contributed by atoms with van der Waals surface area (Å²) in [5.41, 5.74) is 2.99. The van der Waals surface area contributed by atoms with E-state index in [1.165, 1.54) is 0 Å².